The van der Waals surface area contributed by atoms with Crippen molar-refractivity contribution in [2.45, 2.75) is 12.8 Å². The number of benzene rings is 3. The van der Waals surface area contributed by atoms with Crippen LogP contribution in [0.25, 0.3) is 32.7 Å². The zero-order valence-electron chi connectivity index (χ0n) is 41.8. The van der Waals surface area contributed by atoms with Crippen molar-refractivity contribution in [1.82, 2.24) is 39.7 Å². The maximum atomic E-state index is 12.7. The number of fused-ring (bicyclic) bond motifs is 3. The van der Waals surface area contributed by atoms with Gasteiger partial charge >= 0.3 is 11.9 Å². The van der Waals surface area contributed by atoms with Gasteiger partial charge < -0.3 is 54.7 Å². The number of aromatic carboxylic acids is 1. The monoisotopic (exact) mass is 1130 g/mol. The standard InChI is InChI=1S/C18H19N3O4S.C13H7ClN2O2S.C13H8N2O3S.C5H13NO2.C4H8O/c1-21(6-8-22)7-9-25-18(24)15-11-26-17(20-15)16(23)13-10-19-14-5-3-2-4-12(13)14;14-12(18)10-6-19-13(16-10)11(17)8-5-15-9-4-2-1-3-7(8)9;16-11(12-15-10(6-19-12)13(17)18)8-5-14-9-4-2-1-3-7(8)9;1-6(2-4-7)3-5-8;1-2-4-5-3-1/h2-5,10-11,19,22H,6-9H2,1H3;1-6,15H;1-6,14H,(H,17,18);7-8H,2-5H2,1H3;1-4H2. The Kier molecular flexibility index (Phi) is 23.0. The predicted octanol–water partition coefficient (Wildman–Crippen LogP) is 7.42. The van der Waals surface area contributed by atoms with Crippen molar-refractivity contribution < 1.29 is 58.7 Å². The summed E-state index contributed by atoms with van der Waals surface area (Å²) in [7, 11) is 3.68. The second-order valence-corrected chi connectivity index (χ2v) is 19.6. The molecule has 24 heteroatoms. The zero-order chi connectivity index (χ0) is 55.3. The number of ether oxygens (including phenoxy) is 2. The first-order valence-corrected chi connectivity index (χ1v) is 26.8. The fourth-order valence-electron chi connectivity index (χ4n) is 7.15. The first-order chi connectivity index (χ1) is 37.2. The normalized spacial score (nSPS) is 11.7. The third-order valence-electron chi connectivity index (χ3n) is 11.2. The number of likely N-dealkylation sites (N-methyl/N-ethyl adjacent to an activating group) is 2. The lowest BCUT2D eigenvalue weighted by Crippen LogP contribution is -2.27. The van der Waals surface area contributed by atoms with E-state index in [0.717, 1.165) is 79.9 Å². The molecule has 3 aromatic carbocycles. The van der Waals surface area contributed by atoms with Gasteiger partial charge in [0.15, 0.2) is 26.4 Å². The fraction of sp³-hybridized carbons (Fsp3) is 0.264. The minimum absolute atomic E-state index is 0.0514. The van der Waals surface area contributed by atoms with Gasteiger partial charge in [0.05, 0.1) is 36.5 Å². The van der Waals surface area contributed by atoms with Gasteiger partial charge in [0, 0.05) is 107 Å². The Morgan fingerprint density at radius 3 is 1.29 bits per heavy atom. The molecule has 1 fully saturated rings. The molecule has 20 nitrogen and oxygen atoms in total. The summed E-state index contributed by atoms with van der Waals surface area (Å²) in [5.74, 6) is -2.40. The Morgan fingerprint density at radius 1 is 0.571 bits per heavy atom. The number of halogens is 1. The molecule has 10 rings (SSSR count). The molecule has 1 aliphatic rings. The molecule has 0 saturated carbocycles. The largest absolute Gasteiger partial charge is 0.476 e. The van der Waals surface area contributed by atoms with Gasteiger partial charge in [-0.3, -0.25) is 19.2 Å². The Balaban J connectivity index is 0.000000169. The molecule has 1 aliphatic heterocycles. The minimum atomic E-state index is -1.13. The zero-order valence-corrected chi connectivity index (χ0v) is 45.0. The third-order valence-corrected chi connectivity index (χ3v) is 13.9. The van der Waals surface area contributed by atoms with Crippen molar-refractivity contribution >= 4 is 113 Å². The number of thiazole rings is 3. The average Bonchev–Trinajstić information content (AvgIpc) is 4.29. The summed E-state index contributed by atoms with van der Waals surface area (Å²) in [6.07, 6.45) is 7.48. The predicted molar refractivity (Wildman–Crippen MR) is 295 cm³/mol. The number of hydrogen-bond donors (Lipinski definition) is 7. The molecular weight excluding hydrogens is 1070 g/mol. The number of hydrogen-bond acceptors (Lipinski definition) is 19. The van der Waals surface area contributed by atoms with Gasteiger partial charge in [-0.15, -0.1) is 34.0 Å². The molecule has 9 aromatic rings. The highest BCUT2D eigenvalue weighted by Crippen LogP contribution is 2.26. The van der Waals surface area contributed by atoms with Gasteiger partial charge in [-0.05, 0) is 56.7 Å². The molecule has 7 N–H and O–H groups in total. The van der Waals surface area contributed by atoms with E-state index in [-0.39, 0.29) is 75.9 Å². The van der Waals surface area contributed by atoms with Crippen molar-refractivity contribution in [3.8, 4) is 0 Å². The van der Waals surface area contributed by atoms with Crippen LogP contribution in [0, 0.1) is 0 Å². The molecule has 0 amide bonds. The van der Waals surface area contributed by atoms with E-state index in [4.69, 9.17) is 41.5 Å². The van der Waals surface area contributed by atoms with Gasteiger partial charge in [0.1, 0.15) is 12.3 Å². The molecule has 77 heavy (non-hydrogen) atoms. The molecule has 0 bridgehead atoms. The van der Waals surface area contributed by atoms with Gasteiger partial charge in [-0.2, -0.15) is 0 Å². The summed E-state index contributed by atoms with van der Waals surface area (Å²) in [6.45, 7) is 4.87. The molecule has 0 spiro atoms. The van der Waals surface area contributed by atoms with E-state index in [9.17, 15) is 28.8 Å². The van der Waals surface area contributed by atoms with E-state index in [0.29, 0.717) is 42.9 Å². The lowest BCUT2D eigenvalue weighted by molar-refractivity contribution is 0.0461. The van der Waals surface area contributed by atoms with Crippen molar-refractivity contribution in [2.24, 2.45) is 0 Å². The van der Waals surface area contributed by atoms with Crippen LogP contribution in [0.2, 0.25) is 0 Å². The first kappa shape index (κ1) is 59.1. The second kappa shape index (κ2) is 30.0. The summed E-state index contributed by atoms with van der Waals surface area (Å²) in [6, 6.07) is 22.5. The van der Waals surface area contributed by atoms with E-state index in [2.05, 4.69) is 29.9 Å². The topological polar surface area (TPSA) is 294 Å². The highest BCUT2D eigenvalue weighted by molar-refractivity contribution is 7.13. The number of aromatic nitrogens is 6. The quantitative estimate of drug-likeness (QED) is 0.0250. The van der Waals surface area contributed by atoms with Crippen LogP contribution >= 0.6 is 45.6 Å². The minimum Gasteiger partial charge on any atom is -0.476 e. The number of carbonyl (C=O) groups is 6. The van der Waals surface area contributed by atoms with E-state index in [1.165, 1.54) is 29.0 Å². The van der Waals surface area contributed by atoms with Gasteiger partial charge in [-0.1, -0.05) is 54.6 Å². The number of esters is 1. The summed E-state index contributed by atoms with van der Waals surface area (Å²) in [4.78, 5) is 95.8. The number of rotatable bonds is 18. The summed E-state index contributed by atoms with van der Waals surface area (Å²) in [5.41, 5.74) is 4.32. The van der Waals surface area contributed by atoms with Crippen LogP contribution in [0.1, 0.15) is 90.4 Å². The number of nitrogens with one attached hydrogen (secondary N) is 3. The number of H-pyrrole nitrogens is 3. The summed E-state index contributed by atoms with van der Waals surface area (Å²) in [5, 5.41) is 41.2. The molecule has 404 valence electrons. The van der Waals surface area contributed by atoms with Crippen LogP contribution in [0.3, 0.4) is 0 Å². The van der Waals surface area contributed by atoms with E-state index >= 15 is 0 Å². The van der Waals surface area contributed by atoms with Crippen LogP contribution in [0.5, 0.6) is 0 Å². The number of carbonyl (C=O) groups excluding carboxylic acids is 5. The molecule has 1 saturated heterocycles. The SMILES string of the molecule is C1CCOC1.CN(CCO)CCO.CN(CCO)CCOC(=O)c1csc(C(=O)c2c[nH]c3ccccc23)n1.O=C(Cl)c1csc(C(=O)c2c[nH]c3ccccc23)n1.O=C(O)c1csc(C(=O)c2c[nH]c3ccccc23)n1. The number of para-hydroxylation sites is 3. The van der Waals surface area contributed by atoms with Crippen LogP contribution in [-0.2, 0) is 9.47 Å². The number of aliphatic hydroxyl groups excluding tert-OH is 3. The van der Waals surface area contributed by atoms with Crippen LogP contribution < -0.4 is 0 Å². The number of ketones is 3. The molecule has 7 heterocycles. The number of nitrogens with zero attached hydrogens (tertiary/aromatic N) is 5. The van der Waals surface area contributed by atoms with Crippen LogP contribution in [0.15, 0.2) is 108 Å². The summed E-state index contributed by atoms with van der Waals surface area (Å²) >= 11 is 8.60. The molecular formula is C53H55ClN8O12S3. The summed E-state index contributed by atoms with van der Waals surface area (Å²) < 4.78 is 10.1. The Bertz CT molecular complexity index is 3250. The highest BCUT2D eigenvalue weighted by Gasteiger charge is 2.22. The molecule has 0 atom stereocenters. The van der Waals surface area contributed by atoms with Crippen molar-refractivity contribution in [3.63, 3.8) is 0 Å². The van der Waals surface area contributed by atoms with Gasteiger partial charge in [0.2, 0.25) is 17.3 Å². The Labute approximate surface area is 457 Å². The average molecular weight is 1130 g/mol. The number of carboxylic acids is 1. The number of carboxylic acid groups (broad SMARTS) is 1. The first-order valence-electron chi connectivity index (χ1n) is 23.8. The van der Waals surface area contributed by atoms with E-state index < -0.39 is 17.2 Å². The van der Waals surface area contributed by atoms with E-state index in [1.807, 2.05) is 96.7 Å². The molecule has 0 unspecified atom stereocenters. The van der Waals surface area contributed by atoms with Gasteiger partial charge in [0.25, 0.3) is 5.24 Å². The molecule has 0 aliphatic carbocycles. The maximum Gasteiger partial charge on any atom is 0.357 e. The van der Waals surface area contributed by atoms with Gasteiger partial charge in [-0.25, -0.2) is 24.5 Å². The highest BCUT2D eigenvalue weighted by atomic mass is 35.5. The fourth-order valence-corrected chi connectivity index (χ4v) is 9.55. The van der Waals surface area contributed by atoms with Crippen molar-refractivity contribution in [2.75, 3.05) is 79.9 Å². The van der Waals surface area contributed by atoms with E-state index in [1.54, 1.807) is 18.6 Å². The smallest absolute Gasteiger partial charge is 0.357 e. The lowest BCUT2D eigenvalue weighted by atomic mass is 10.1. The van der Waals surface area contributed by atoms with Crippen LogP contribution in [0.4, 0.5) is 0 Å². The maximum absolute atomic E-state index is 12.7. The third kappa shape index (κ3) is 16.7. The second-order valence-electron chi connectivity index (χ2n) is 16.7. The number of aromatic amines is 3. The Morgan fingerprint density at radius 2 is 0.935 bits per heavy atom. The molecule has 6 aromatic heterocycles. The van der Waals surface area contributed by atoms with Crippen molar-refractivity contribution in [1.29, 1.82) is 0 Å². The number of aliphatic hydroxyl groups is 3. The van der Waals surface area contributed by atoms with Crippen molar-refractivity contribution in [3.05, 3.63) is 156 Å². The van der Waals surface area contributed by atoms with Crippen LogP contribution in [-0.4, -0.2) is 175 Å². The Hall–Kier alpha value is -7.16. The molecule has 0 radical (unpaired) electrons. The lowest BCUT2D eigenvalue weighted by Gasteiger charge is -2.14.